The van der Waals surface area contributed by atoms with Crippen molar-refractivity contribution in [3.8, 4) is 0 Å². The molecule has 0 bridgehead atoms. The first-order chi connectivity index (χ1) is 39.5. The maximum Gasteiger partial charge on any atom is 1.00 e. The van der Waals surface area contributed by atoms with Crippen LogP contribution in [0.15, 0.2) is 48.5 Å². The van der Waals surface area contributed by atoms with Gasteiger partial charge in [0.25, 0.3) is 0 Å². The van der Waals surface area contributed by atoms with Gasteiger partial charge >= 0.3 is 18.9 Å². The van der Waals surface area contributed by atoms with Crippen LogP contribution in [0.25, 0.3) is 0 Å². The third kappa shape index (κ3) is 15.4. The van der Waals surface area contributed by atoms with E-state index in [0.717, 1.165) is 0 Å². The minimum Gasteiger partial charge on any atom is -0.382 e. The summed E-state index contributed by atoms with van der Waals surface area (Å²) in [4.78, 5) is 0. The van der Waals surface area contributed by atoms with Gasteiger partial charge in [0.15, 0.2) is 0 Å². The van der Waals surface area contributed by atoms with Gasteiger partial charge in [0.05, 0.1) is 39.6 Å². The number of ether oxygens (including phenoxy) is 6. The smallest absolute Gasteiger partial charge is 0.382 e. The van der Waals surface area contributed by atoms with Gasteiger partial charge in [-0.3, -0.25) is 0 Å². The summed E-state index contributed by atoms with van der Waals surface area (Å²) >= 11 is 0. The second-order valence-electron chi connectivity index (χ2n) is 26.0. The first-order valence-corrected chi connectivity index (χ1v) is 34.2. The first kappa shape index (κ1) is 77.2. The minimum atomic E-state index is -0.523. The van der Waals surface area contributed by atoms with Crippen molar-refractivity contribution in [2.45, 2.75) is 283 Å². The average molecular weight is 1140 g/mol. The molecule has 0 radical (unpaired) electrons. The Morgan fingerprint density at radius 1 is 0.301 bits per heavy atom. The van der Waals surface area contributed by atoms with E-state index in [1.54, 1.807) is 42.7 Å². The van der Waals surface area contributed by atoms with Crippen LogP contribution in [-0.4, -0.2) is 96.6 Å². The number of benzene rings is 3. The van der Waals surface area contributed by atoms with E-state index in [2.05, 4.69) is 151 Å². The molecule has 9 heteroatoms. The van der Waals surface area contributed by atoms with Crippen molar-refractivity contribution in [3.05, 3.63) is 93.0 Å². The molecule has 0 fully saturated rings. The van der Waals surface area contributed by atoms with Crippen molar-refractivity contribution in [1.29, 1.82) is 0 Å². The predicted molar refractivity (Wildman–Crippen MR) is 362 cm³/mol. The first-order valence-electron chi connectivity index (χ1n) is 34.2. The van der Waals surface area contributed by atoms with Crippen LogP contribution in [0.2, 0.25) is 0 Å². The van der Waals surface area contributed by atoms with Crippen LogP contribution in [0, 0.1) is 0 Å². The zero-order valence-corrected chi connectivity index (χ0v) is 59.2. The zero-order chi connectivity index (χ0) is 61.5. The molecule has 468 valence electrons. The summed E-state index contributed by atoms with van der Waals surface area (Å²) in [7, 11) is 10.7. The van der Waals surface area contributed by atoms with E-state index in [4.69, 9.17) is 0 Å². The van der Waals surface area contributed by atoms with Crippen molar-refractivity contribution in [2.75, 3.05) is 82.3 Å². The Labute approximate surface area is 527 Å². The standard InChI is InChI=1S/C56H93B2.C6H6.3C4H10O2.Li/c1-17-49(18-2)35-53(25-9,26-10)43-39(49)33-40-44(54(27-11,28-12)36-50(40,19-3)20-4)47(43)57-58-48-45-41(51(21-5,22-6)37-55(45,29-13)30-14)34-42-46(48)56(31-15,32-16)38-52(42,23-7)24-8;1-2-4-6-5-3-1;3*1-5-3-4-6-2;/h33-34,57H,17-32,35-38,58H2,1-16H3;1-6H;3*3-4H2,1-2H3;/q-1;;;;;+1. The van der Waals surface area contributed by atoms with Crippen LogP contribution in [0.5, 0.6) is 0 Å². The summed E-state index contributed by atoms with van der Waals surface area (Å²) in [6.45, 7) is 45.2. The SMILES string of the molecule is CCC1(CC)CC(CC)(CC)c2c1cc1c(c2B[BH2-]c2c3c(cc4c2C(CC)(CC)CC4(CC)CC)C(CC)(CC)CC3(CC)CC)C(CC)(CC)CC1(CC)CC.COCCOC.COCCOC.COCCOC.[Li+].c1ccccc1. The van der Waals surface area contributed by atoms with E-state index in [9.17, 15) is 0 Å². The molecule has 0 heterocycles. The van der Waals surface area contributed by atoms with Gasteiger partial charge < -0.3 is 28.4 Å². The van der Waals surface area contributed by atoms with E-state index < -0.39 is 7.17 Å². The molecule has 0 aromatic heterocycles. The summed E-state index contributed by atoms with van der Waals surface area (Å²) in [6.07, 6.45) is 26.0. The van der Waals surface area contributed by atoms with Crippen molar-refractivity contribution < 1.29 is 47.3 Å². The fourth-order valence-electron chi connectivity index (χ4n) is 18.0. The molecule has 0 amide bonds. The van der Waals surface area contributed by atoms with Crippen LogP contribution in [0.3, 0.4) is 0 Å². The maximum atomic E-state index is 4.66. The molecular weight excluding hydrogens is 1010 g/mol. The second-order valence-corrected chi connectivity index (χ2v) is 26.0. The Hall–Kier alpha value is -1.85. The molecular formula is C74H129B2LiO6. The summed E-state index contributed by atoms with van der Waals surface area (Å²) in [5.41, 5.74) is 21.4. The van der Waals surface area contributed by atoms with Gasteiger partial charge in [0, 0.05) is 42.7 Å². The molecule has 0 atom stereocenters. The molecule has 6 nitrogen and oxygen atoms in total. The monoisotopic (exact) mass is 1140 g/mol. The maximum absolute atomic E-state index is 4.66. The Kier molecular flexibility index (Phi) is 33.5. The van der Waals surface area contributed by atoms with E-state index in [-0.39, 0.29) is 18.9 Å². The third-order valence-corrected chi connectivity index (χ3v) is 24.0. The topological polar surface area (TPSA) is 55.4 Å². The van der Waals surface area contributed by atoms with Crippen molar-refractivity contribution in [2.24, 2.45) is 0 Å². The average Bonchev–Trinajstić information content (AvgIpc) is 4.35. The van der Waals surface area contributed by atoms with Crippen molar-refractivity contribution >= 4 is 25.3 Å². The zero-order valence-electron chi connectivity index (χ0n) is 59.2. The van der Waals surface area contributed by atoms with E-state index >= 15 is 0 Å². The molecule has 4 aliphatic carbocycles. The molecule has 7 rings (SSSR count). The van der Waals surface area contributed by atoms with Crippen molar-refractivity contribution in [1.82, 2.24) is 0 Å². The van der Waals surface area contributed by atoms with Gasteiger partial charge in [-0.1, -0.05) is 170 Å². The fourth-order valence-corrected chi connectivity index (χ4v) is 18.0. The van der Waals surface area contributed by atoms with Crippen LogP contribution in [0.4, 0.5) is 0 Å². The molecule has 3 aromatic carbocycles. The molecule has 0 unspecified atom stereocenters. The normalized spacial score (nSPS) is 18.4. The van der Waals surface area contributed by atoms with Gasteiger partial charge in [0.2, 0.25) is 0 Å². The fraction of sp³-hybridized carbons (Fsp3) is 0.757. The van der Waals surface area contributed by atoms with Crippen LogP contribution in [0.1, 0.15) is 284 Å². The van der Waals surface area contributed by atoms with E-state index in [1.165, 1.54) is 136 Å². The molecule has 0 N–H and O–H groups in total. The largest absolute Gasteiger partial charge is 1.00 e. The molecule has 3 aromatic rings. The quantitative estimate of drug-likeness (QED) is 0.0533. The number of hydrogen-bond acceptors (Lipinski definition) is 6. The molecule has 4 aliphatic rings. The molecule has 0 spiro atoms. The van der Waals surface area contributed by atoms with Crippen LogP contribution in [-0.2, 0) is 71.7 Å². The number of fused-ring (bicyclic) bond motifs is 4. The Balaban J connectivity index is 0.000000782. The van der Waals surface area contributed by atoms with Crippen LogP contribution < -0.4 is 29.8 Å². The van der Waals surface area contributed by atoms with E-state index in [1.807, 2.05) is 91.8 Å². The van der Waals surface area contributed by atoms with Crippen molar-refractivity contribution in [3.63, 3.8) is 0 Å². The Morgan fingerprint density at radius 2 is 0.482 bits per heavy atom. The van der Waals surface area contributed by atoms with Gasteiger partial charge in [0.1, 0.15) is 0 Å². The number of hydrogen-bond donors (Lipinski definition) is 0. The summed E-state index contributed by atoms with van der Waals surface area (Å²) in [6, 6.07) is 17.9. The summed E-state index contributed by atoms with van der Waals surface area (Å²) < 4.78 is 27.9. The van der Waals surface area contributed by atoms with Gasteiger partial charge in [-0.2, -0.15) is 0 Å². The van der Waals surface area contributed by atoms with Gasteiger partial charge in [-0.25, -0.2) is 5.46 Å². The Bertz CT molecular complexity index is 1950. The summed E-state index contributed by atoms with van der Waals surface area (Å²) in [5, 5.41) is 0. The Morgan fingerprint density at radius 3 is 0.663 bits per heavy atom. The van der Waals surface area contributed by atoms with Crippen LogP contribution >= 0.6 is 0 Å². The molecule has 0 saturated heterocycles. The van der Waals surface area contributed by atoms with E-state index in [0.29, 0.717) is 83.0 Å². The minimum absolute atomic E-state index is 0. The predicted octanol–water partition coefficient (Wildman–Crippen LogP) is 13.8. The van der Waals surface area contributed by atoms with Gasteiger partial charge in [-0.15, -0.1) is 5.46 Å². The number of methoxy groups -OCH3 is 6. The van der Waals surface area contributed by atoms with Gasteiger partial charge in [-0.05, 0) is 219 Å². The molecule has 0 aliphatic heterocycles. The molecule has 0 saturated carbocycles. The summed E-state index contributed by atoms with van der Waals surface area (Å²) in [5.74, 6) is 0. The molecule has 83 heavy (non-hydrogen) atoms. The second kappa shape index (κ2) is 36.0. The third-order valence-electron chi connectivity index (χ3n) is 24.0. The number of rotatable bonds is 28.